The molecule has 12 amide bonds. The van der Waals surface area contributed by atoms with Crippen LogP contribution in [0.1, 0.15) is 39.5 Å². The Kier molecular flexibility index (Phi) is 30.9. The van der Waals surface area contributed by atoms with Crippen molar-refractivity contribution in [3.8, 4) is 0 Å². The van der Waals surface area contributed by atoms with Gasteiger partial charge in [-0.15, -0.1) is 0 Å². The second-order valence-electron chi connectivity index (χ2n) is 15.4. The standard InChI is InChI=1S/C38H64N16O18/c1-18(2)32(36(70)53-20(37(71)72)5-6-31(65)66)54-35(69)22(17-56)52-30(64)15-48-26(60)11-44-24(58)9-46-28(62)13-50-34(68)21(16-55)51-29(63)14-47-25(59)10-43-23(57)8-45-27(61)12-49-33(67)19(39)4-3-7-42-38(40)41/h18-22,32,55-56H,3-17,39H2,1-2H3,(H,43,57)(H,44,58)(H,45,61)(H,46,62)(H,47,59)(H,48,60)(H,49,67)(H,50,68)(H,51,63)(H,52,64)(H,53,70)(H,54,69)(H,65,66)(H,71,72)(H4,40,41,42)/t19-,20-,21-,22-,32-/m0/s1. The van der Waals surface area contributed by atoms with Crippen LogP contribution >= 0.6 is 0 Å². The van der Waals surface area contributed by atoms with E-state index in [9.17, 15) is 82.4 Å². The van der Waals surface area contributed by atoms with Crippen LogP contribution in [0, 0.1) is 11.3 Å². The highest BCUT2D eigenvalue weighted by Gasteiger charge is 2.31. The van der Waals surface area contributed by atoms with Gasteiger partial charge in [-0.3, -0.25) is 67.7 Å². The maximum Gasteiger partial charge on any atom is 0.326 e. The van der Waals surface area contributed by atoms with Crippen molar-refractivity contribution in [3.05, 3.63) is 0 Å². The number of aliphatic hydroxyl groups excluding tert-OH is 2. The predicted molar refractivity (Wildman–Crippen MR) is 242 cm³/mol. The maximum atomic E-state index is 12.8. The molecule has 34 heteroatoms. The molecule has 0 radical (unpaired) electrons. The van der Waals surface area contributed by atoms with Crippen molar-refractivity contribution in [1.29, 1.82) is 5.41 Å². The molecule has 0 rings (SSSR count). The highest BCUT2D eigenvalue weighted by molar-refractivity contribution is 5.96. The number of carboxylic acid groups (broad SMARTS) is 2. The predicted octanol–water partition coefficient (Wildman–Crippen LogP) is -12.0. The number of carbonyl (C=O) groups excluding carboxylic acids is 12. The zero-order valence-electron chi connectivity index (χ0n) is 39.2. The zero-order valence-corrected chi connectivity index (χ0v) is 39.2. The van der Waals surface area contributed by atoms with Gasteiger partial charge < -0.3 is 101 Å². The van der Waals surface area contributed by atoms with Gasteiger partial charge in [-0.1, -0.05) is 13.8 Å². The monoisotopic (exact) mass is 1030 g/mol. The molecule has 0 saturated carbocycles. The van der Waals surface area contributed by atoms with E-state index in [0.717, 1.165) is 0 Å². The Hall–Kier alpha value is -8.27. The van der Waals surface area contributed by atoms with Gasteiger partial charge in [0.05, 0.1) is 71.6 Å². The molecule has 0 aliphatic heterocycles. The lowest BCUT2D eigenvalue weighted by atomic mass is 10.0. The summed E-state index contributed by atoms with van der Waals surface area (Å²) < 4.78 is 0. The van der Waals surface area contributed by atoms with Gasteiger partial charge in [0, 0.05) is 13.0 Å². The maximum absolute atomic E-state index is 12.8. The SMILES string of the molecule is CC(C)[C@H](NC(=O)[C@H](CO)NC(=O)CNC(=O)CNC(=O)CNC(=O)CNC(=O)[C@H](CO)NC(=O)CNC(=O)CNC(=O)CNC(=O)CNC(=O)[C@@H](N)CCCNC(=N)N)C(=O)N[C@@H](CCC(=O)O)C(=O)O. The van der Waals surface area contributed by atoms with Crippen LogP contribution in [0.4, 0.5) is 0 Å². The summed E-state index contributed by atoms with van der Waals surface area (Å²) in [5.74, 6) is -14.6. The average molecular weight is 1030 g/mol. The Morgan fingerprint density at radius 3 is 1.19 bits per heavy atom. The first-order valence-electron chi connectivity index (χ1n) is 21.6. The Labute approximate surface area is 409 Å². The molecule has 0 aromatic rings. The van der Waals surface area contributed by atoms with Gasteiger partial charge in [0.2, 0.25) is 70.9 Å². The molecule has 0 aliphatic carbocycles. The minimum atomic E-state index is -1.65. The third-order valence-corrected chi connectivity index (χ3v) is 9.04. The van der Waals surface area contributed by atoms with Crippen LogP contribution < -0.4 is 80.6 Å². The lowest BCUT2D eigenvalue weighted by molar-refractivity contribution is -0.144. The topological polar surface area (TPSA) is 552 Å². The molecule has 0 aliphatic rings. The summed E-state index contributed by atoms with van der Waals surface area (Å²) in [6.45, 7) is -4.02. The van der Waals surface area contributed by atoms with Gasteiger partial charge >= 0.3 is 11.9 Å². The third-order valence-electron chi connectivity index (χ3n) is 9.04. The van der Waals surface area contributed by atoms with E-state index in [1.807, 2.05) is 0 Å². The van der Waals surface area contributed by atoms with Crippen LogP contribution in [-0.4, -0.2) is 212 Å². The van der Waals surface area contributed by atoms with Crippen molar-refractivity contribution in [2.24, 2.45) is 17.4 Å². The summed E-state index contributed by atoms with van der Waals surface area (Å²) in [5, 5.41) is 72.8. The quantitative estimate of drug-likeness (QED) is 0.0159. The number of aliphatic hydroxyl groups is 2. The van der Waals surface area contributed by atoms with Crippen molar-refractivity contribution in [1.82, 2.24) is 69.1 Å². The first kappa shape index (κ1) is 63.7. The summed E-state index contributed by atoms with van der Waals surface area (Å²) in [6.07, 6.45) is -0.368. The van der Waals surface area contributed by atoms with Gasteiger partial charge in [0.1, 0.15) is 24.2 Å². The summed E-state index contributed by atoms with van der Waals surface area (Å²) >= 11 is 0. The number of carbonyl (C=O) groups is 14. The number of hydrogen-bond donors (Lipinski definition) is 20. The van der Waals surface area contributed by atoms with E-state index in [0.29, 0.717) is 13.0 Å². The molecule has 0 unspecified atom stereocenters. The van der Waals surface area contributed by atoms with Crippen LogP contribution in [0.3, 0.4) is 0 Å². The van der Waals surface area contributed by atoms with E-state index < -0.39 is 197 Å². The minimum Gasteiger partial charge on any atom is -0.481 e. The van der Waals surface area contributed by atoms with E-state index in [2.05, 4.69) is 69.1 Å². The van der Waals surface area contributed by atoms with Gasteiger partial charge in [-0.05, 0) is 25.2 Å². The first-order chi connectivity index (χ1) is 33.8. The largest absolute Gasteiger partial charge is 0.481 e. The number of amides is 12. The molecule has 0 fully saturated rings. The number of guanidine groups is 1. The fourth-order valence-corrected chi connectivity index (χ4v) is 5.17. The Balaban J connectivity index is 4.55. The zero-order chi connectivity index (χ0) is 54.9. The van der Waals surface area contributed by atoms with Gasteiger partial charge in [-0.2, -0.15) is 0 Å². The molecule has 22 N–H and O–H groups in total. The molecule has 0 heterocycles. The van der Waals surface area contributed by atoms with Crippen LogP contribution in [0.2, 0.25) is 0 Å². The summed E-state index contributed by atoms with van der Waals surface area (Å²) in [4.78, 5) is 169. The molecule has 0 spiro atoms. The number of aliphatic carboxylic acids is 2. The summed E-state index contributed by atoms with van der Waals surface area (Å²) in [7, 11) is 0. The van der Waals surface area contributed by atoms with Crippen molar-refractivity contribution in [2.75, 3.05) is 72.1 Å². The molecule has 5 atom stereocenters. The number of hydrogen-bond acceptors (Lipinski definition) is 18. The highest BCUT2D eigenvalue weighted by Crippen LogP contribution is 2.06. The second-order valence-corrected chi connectivity index (χ2v) is 15.4. The Morgan fingerprint density at radius 1 is 0.458 bits per heavy atom. The van der Waals surface area contributed by atoms with E-state index in [-0.39, 0.29) is 12.4 Å². The van der Waals surface area contributed by atoms with Crippen LogP contribution in [0.25, 0.3) is 0 Å². The number of nitrogens with two attached hydrogens (primary N) is 2. The summed E-state index contributed by atoms with van der Waals surface area (Å²) in [5.41, 5.74) is 10.9. The average Bonchev–Trinajstić information content (AvgIpc) is 3.32. The Morgan fingerprint density at radius 2 is 0.833 bits per heavy atom. The lowest BCUT2D eigenvalue weighted by Gasteiger charge is -2.26. The summed E-state index contributed by atoms with van der Waals surface area (Å²) in [6, 6.07) is -7.17. The van der Waals surface area contributed by atoms with Crippen molar-refractivity contribution in [2.45, 2.75) is 69.7 Å². The van der Waals surface area contributed by atoms with Crippen LogP contribution in [0.15, 0.2) is 0 Å². The van der Waals surface area contributed by atoms with Crippen molar-refractivity contribution in [3.63, 3.8) is 0 Å². The van der Waals surface area contributed by atoms with Gasteiger partial charge in [0.25, 0.3) is 0 Å². The lowest BCUT2D eigenvalue weighted by Crippen LogP contribution is -2.58. The van der Waals surface area contributed by atoms with Gasteiger partial charge in [0.15, 0.2) is 5.96 Å². The molecule has 34 nitrogen and oxygen atoms in total. The molecule has 0 aromatic heterocycles. The second kappa shape index (κ2) is 34.9. The van der Waals surface area contributed by atoms with E-state index in [1.54, 1.807) is 0 Å². The van der Waals surface area contributed by atoms with E-state index in [4.69, 9.17) is 22.0 Å². The van der Waals surface area contributed by atoms with Crippen molar-refractivity contribution >= 4 is 88.8 Å². The molecule has 404 valence electrons. The van der Waals surface area contributed by atoms with Crippen LogP contribution in [-0.2, 0) is 67.1 Å². The molecule has 72 heavy (non-hydrogen) atoms. The van der Waals surface area contributed by atoms with Crippen molar-refractivity contribution < 1.29 is 87.5 Å². The fourth-order valence-electron chi connectivity index (χ4n) is 5.17. The van der Waals surface area contributed by atoms with E-state index >= 15 is 0 Å². The number of rotatable bonds is 35. The van der Waals surface area contributed by atoms with Gasteiger partial charge in [-0.25, -0.2) is 4.79 Å². The van der Waals surface area contributed by atoms with E-state index in [1.165, 1.54) is 13.8 Å². The smallest absolute Gasteiger partial charge is 0.326 e. The normalized spacial score (nSPS) is 12.5. The van der Waals surface area contributed by atoms with Crippen LogP contribution in [0.5, 0.6) is 0 Å². The molecule has 0 bridgehead atoms. The Bertz CT molecular complexity index is 1970. The molecule has 0 aromatic carbocycles. The molecular weight excluding hydrogens is 969 g/mol. The highest BCUT2D eigenvalue weighted by atomic mass is 16.4. The molecular formula is C38H64N16O18. The minimum absolute atomic E-state index is 0.236. The third kappa shape index (κ3) is 29.6. The fraction of sp³-hybridized carbons (Fsp3) is 0.605. The first-order valence-corrected chi connectivity index (χ1v) is 21.6. The number of nitrogens with one attached hydrogen (secondary N) is 14. The molecule has 0 saturated heterocycles. The number of carboxylic acids is 2.